The Morgan fingerprint density at radius 1 is 0.815 bits per heavy atom. The minimum Gasteiger partial charge on any atom is -0.377 e. The maximum atomic E-state index is 6.61. The van der Waals surface area contributed by atoms with Gasteiger partial charge in [-0.1, -0.05) is 96.0 Å². The molecular weight excluding hydrogens is 373 g/mol. The number of nitrogens with one attached hydrogen (secondary N) is 1. The van der Waals surface area contributed by atoms with Crippen LogP contribution in [-0.4, -0.2) is 0 Å². The van der Waals surface area contributed by atoms with Crippen molar-refractivity contribution in [2.75, 3.05) is 5.32 Å². The molecule has 3 heteroatoms. The summed E-state index contributed by atoms with van der Waals surface area (Å²) < 4.78 is 0. The van der Waals surface area contributed by atoms with Crippen molar-refractivity contribution in [3.8, 4) is 11.1 Å². The van der Waals surface area contributed by atoms with E-state index in [0.717, 1.165) is 12.0 Å². The topological polar surface area (TPSA) is 12.0 Å². The Morgan fingerprint density at radius 2 is 1.59 bits per heavy atom. The van der Waals surface area contributed by atoms with E-state index in [1.807, 2.05) is 12.1 Å². The van der Waals surface area contributed by atoms with Gasteiger partial charge in [-0.25, -0.2) is 0 Å². The summed E-state index contributed by atoms with van der Waals surface area (Å²) >= 11 is 12.9. The molecule has 1 aliphatic heterocycles. The van der Waals surface area contributed by atoms with Crippen molar-refractivity contribution in [2.24, 2.45) is 5.92 Å². The van der Waals surface area contributed by atoms with Crippen LogP contribution in [0.5, 0.6) is 0 Å². The maximum absolute atomic E-state index is 6.61. The predicted molar refractivity (Wildman–Crippen MR) is 115 cm³/mol. The molecule has 0 aromatic heterocycles. The van der Waals surface area contributed by atoms with Crippen molar-refractivity contribution in [1.82, 2.24) is 0 Å². The van der Waals surface area contributed by atoms with Gasteiger partial charge in [0.25, 0.3) is 0 Å². The average Bonchev–Trinajstić information content (AvgIpc) is 3.20. The molecule has 1 heterocycles. The normalized spacial score (nSPS) is 22.8. The monoisotopic (exact) mass is 391 g/mol. The molecule has 0 spiro atoms. The van der Waals surface area contributed by atoms with Gasteiger partial charge >= 0.3 is 0 Å². The Balaban J connectivity index is 1.68. The molecule has 3 atom stereocenters. The number of hydrogen-bond donors (Lipinski definition) is 1. The van der Waals surface area contributed by atoms with Crippen molar-refractivity contribution >= 4 is 28.9 Å². The minimum absolute atomic E-state index is 0.133. The lowest BCUT2D eigenvalue weighted by molar-refractivity contribution is 0.426. The van der Waals surface area contributed by atoms with Gasteiger partial charge in [0.15, 0.2) is 0 Å². The van der Waals surface area contributed by atoms with Crippen LogP contribution >= 0.6 is 23.2 Å². The average molecular weight is 392 g/mol. The van der Waals surface area contributed by atoms with E-state index in [-0.39, 0.29) is 6.04 Å². The number of allylic oxidation sites excluding steroid dienone is 2. The first kappa shape index (κ1) is 16.9. The number of hydrogen-bond acceptors (Lipinski definition) is 1. The van der Waals surface area contributed by atoms with E-state index < -0.39 is 0 Å². The lowest BCUT2D eigenvalue weighted by Crippen LogP contribution is -2.29. The van der Waals surface area contributed by atoms with E-state index >= 15 is 0 Å². The van der Waals surface area contributed by atoms with E-state index in [0.29, 0.717) is 21.9 Å². The Morgan fingerprint density at radius 3 is 2.44 bits per heavy atom. The van der Waals surface area contributed by atoms with Crippen molar-refractivity contribution in [3.05, 3.63) is 100 Å². The van der Waals surface area contributed by atoms with Gasteiger partial charge in [0, 0.05) is 17.2 Å². The van der Waals surface area contributed by atoms with Crippen molar-refractivity contribution < 1.29 is 0 Å². The third kappa shape index (κ3) is 2.77. The second-order valence-corrected chi connectivity index (χ2v) is 8.04. The smallest absolute Gasteiger partial charge is 0.0645 e. The first-order valence-corrected chi connectivity index (χ1v) is 10.0. The van der Waals surface area contributed by atoms with Crippen LogP contribution in [0.3, 0.4) is 0 Å². The molecule has 0 fully saturated rings. The number of halogens is 2. The molecule has 1 nitrogen and oxygen atoms in total. The summed E-state index contributed by atoms with van der Waals surface area (Å²) in [4.78, 5) is 0. The van der Waals surface area contributed by atoms with E-state index in [9.17, 15) is 0 Å². The van der Waals surface area contributed by atoms with Crippen LogP contribution in [0, 0.1) is 5.92 Å². The molecule has 0 saturated carbocycles. The van der Waals surface area contributed by atoms with E-state index in [2.05, 4.69) is 72.1 Å². The molecule has 0 saturated heterocycles. The van der Waals surface area contributed by atoms with E-state index in [4.69, 9.17) is 23.2 Å². The summed E-state index contributed by atoms with van der Waals surface area (Å²) in [5.74, 6) is 0.837. The van der Waals surface area contributed by atoms with Gasteiger partial charge in [0.2, 0.25) is 0 Å². The second-order valence-electron chi connectivity index (χ2n) is 7.25. The highest BCUT2D eigenvalue weighted by Gasteiger charge is 2.39. The Hall–Kier alpha value is -2.22. The van der Waals surface area contributed by atoms with Crippen LogP contribution in [0.1, 0.15) is 29.5 Å². The van der Waals surface area contributed by atoms with Crippen LogP contribution in [-0.2, 0) is 0 Å². The van der Waals surface area contributed by atoms with Crippen LogP contribution in [0.4, 0.5) is 5.69 Å². The summed E-state index contributed by atoms with van der Waals surface area (Å²) in [5.41, 5.74) is 6.10. The highest BCUT2D eigenvalue weighted by atomic mass is 35.5. The first-order chi connectivity index (χ1) is 13.2. The molecule has 1 aliphatic carbocycles. The van der Waals surface area contributed by atoms with Crippen LogP contribution in [0.25, 0.3) is 11.1 Å². The maximum Gasteiger partial charge on any atom is 0.0645 e. The standard InChI is InChI=1S/C24H19Cl2N/c25-21-14-6-13-20(22(21)26)24-19-12-5-10-17(19)18-11-4-9-16(23(18)27-24)15-7-2-1-3-8-15/h1-11,13-14,17,19,24,27H,12H2/t17-,19-,24+/m0/s1. The van der Waals surface area contributed by atoms with Gasteiger partial charge in [0.05, 0.1) is 16.1 Å². The van der Waals surface area contributed by atoms with Crippen molar-refractivity contribution in [1.29, 1.82) is 0 Å². The van der Waals surface area contributed by atoms with E-state index in [1.54, 1.807) is 0 Å². The van der Waals surface area contributed by atoms with Crippen LogP contribution in [0.15, 0.2) is 78.9 Å². The fourth-order valence-corrected chi connectivity index (χ4v) is 4.97. The number of fused-ring (bicyclic) bond motifs is 3. The highest BCUT2D eigenvalue weighted by molar-refractivity contribution is 6.42. The van der Waals surface area contributed by atoms with E-state index in [1.165, 1.54) is 22.4 Å². The van der Waals surface area contributed by atoms with Gasteiger partial charge in [-0.2, -0.15) is 0 Å². The third-order valence-electron chi connectivity index (χ3n) is 5.80. The molecule has 3 aromatic carbocycles. The Bertz CT molecular complexity index is 1030. The molecule has 0 amide bonds. The zero-order valence-electron chi connectivity index (χ0n) is 14.7. The quantitative estimate of drug-likeness (QED) is 0.446. The van der Waals surface area contributed by atoms with Gasteiger partial charge in [-0.3, -0.25) is 0 Å². The Kier molecular flexibility index (Phi) is 4.22. The second kappa shape index (κ2) is 6.74. The summed E-state index contributed by atoms with van der Waals surface area (Å²) in [6.07, 6.45) is 5.69. The molecule has 2 aliphatic rings. The molecular formula is C24H19Cl2N. The lowest BCUT2D eigenvalue weighted by Gasteiger charge is -2.39. The lowest BCUT2D eigenvalue weighted by atomic mass is 9.76. The zero-order valence-corrected chi connectivity index (χ0v) is 16.2. The minimum atomic E-state index is 0.133. The first-order valence-electron chi connectivity index (χ1n) is 9.29. The van der Waals surface area contributed by atoms with Gasteiger partial charge in [-0.05, 0) is 35.1 Å². The highest BCUT2D eigenvalue weighted by Crippen LogP contribution is 2.53. The molecule has 0 radical (unpaired) electrons. The SMILES string of the molecule is Clc1cccc([C@@H]2Nc3c(-c4ccccc4)cccc3[C@@H]3C=CC[C@@H]32)c1Cl. The fourth-order valence-electron chi connectivity index (χ4n) is 4.55. The van der Waals surface area contributed by atoms with Crippen molar-refractivity contribution in [2.45, 2.75) is 18.4 Å². The molecule has 5 rings (SSSR count). The van der Waals surface area contributed by atoms with Gasteiger partial charge in [-0.15, -0.1) is 0 Å². The summed E-state index contributed by atoms with van der Waals surface area (Å²) in [6.45, 7) is 0. The molecule has 3 aromatic rings. The zero-order chi connectivity index (χ0) is 18.4. The largest absolute Gasteiger partial charge is 0.377 e. The summed E-state index contributed by atoms with van der Waals surface area (Å²) in [6, 6.07) is 23.2. The number of para-hydroxylation sites is 1. The van der Waals surface area contributed by atoms with Crippen LogP contribution < -0.4 is 5.32 Å². The molecule has 27 heavy (non-hydrogen) atoms. The van der Waals surface area contributed by atoms with Crippen molar-refractivity contribution in [3.63, 3.8) is 0 Å². The molecule has 0 bridgehead atoms. The molecule has 134 valence electrons. The van der Waals surface area contributed by atoms with Gasteiger partial charge in [0.1, 0.15) is 0 Å². The molecule has 0 unspecified atom stereocenters. The fraction of sp³-hybridized carbons (Fsp3) is 0.167. The summed E-state index contributed by atoms with van der Waals surface area (Å²) in [5, 5.41) is 5.10. The third-order valence-corrected chi connectivity index (χ3v) is 6.63. The Labute approximate surface area is 169 Å². The van der Waals surface area contributed by atoms with Crippen LogP contribution in [0.2, 0.25) is 10.0 Å². The molecule has 1 N–H and O–H groups in total. The predicted octanol–water partition coefficient (Wildman–Crippen LogP) is 7.49. The summed E-state index contributed by atoms with van der Waals surface area (Å²) in [7, 11) is 0. The number of rotatable bonds is 2. The number of anilines is 1. The number of benzene rings is 3. The van der Waals surface area contributed by atoms with Gasteiger partial charge < -0.3 is 5.32 Å².